The number of anilines is 1. The number of amides is 3. The number of aromatic amines is 1. The highest BCUT2D eigenvalue weighted by atomic mass is 19.4. The summed E-state index contributed by atoms with van der Waals surface area (Å²) in [7, 11) is 0. The van der Waals surface area contributed by atoms with Crippen molar-refractivity contribution in [3.63, 3.8) is 0 Å². The summed E-state index contributed by atoms with van der Waals surface area (Å²) in [5.41, 5.74) is -1.32. The van der Waals surface area contributed by atoms with Gasteiger partial charge in [-0.05, 0) is 62.4 Å². The van der Waals surface area contributed by atoms with E-state index in [1.807, 2.05) is 4.98 Å². The van der Waals surface area contributed by atoms with Crippen LogP contribution in [0.4, 0.5) is 27.6 Å². The van der Waals surface area contributed by atoms with Crippen LogP contribution < -0.4 is 15.4 Å². The minimum absolute atomic E-state index is 0.0486. The van der Waals surface area contributed by atoms with Gasteiger partial charge in [-0.25, -0.2) is 8.78 Å². The second-order valence-electron chi connectivity index (χ2n) is 8.42. The van der Waals surface area contributed by atoms with Gasteiger partial charge < -0.3 is 25.3 Å². The van der Waals surface area contributed by atoms with Crippen molar-refractivity contribution in [3.8, 4) is 11.5 Å². The van der Waals surface area contributed by atoms with Crippen molar-refractivity contribution in [1.82, 2.24) is 15.2 Å². The lowest BCUT2D eigenvalue weighted by Crippen LogP contribution is -2.45. The molecule has 0 fully saturated rings. The number of halogens is 5. The Balaban J connectivity index is 1.68. The molecule has 38 heavy (non-hydrogen) atoms. The van der Waals surface area contributed by atoms with Crippen molar-refractivity contribution in [2.45, 2.75) is 26.1 Å². The van der Waals surface area contributed by atoms with Crippen molar-refractivity contribution >= 4 is 23.4 Å². The second-order valence-corrected chi connectivity index (χ2v) is 8.42. The molecule has 0 unspecified atom stereocenters. The maximum atomic E-state index is 13.3. The third-order valence-electron chi connectivity index (χ3n) is 4.89. The van der Waals surface area contributed by atoms with E-state index < -0.39 is 60.0 Å². The summed E-state index contributed by atoms with van der Waals surface area (Å²) in [4.78, 5) is 40.5. The molecule has 0 bridgehead atoms. The highest BCUT2D eigenvalue weighted by Gasteiger charge is 2.33. The zero-order valence-corrected chi connectivity index (χ0v) is 20.2. The van der Waals surface area contributed by atoms with Crippen molar-refractivity contribution < 1.29 is 41.1 Å². The van der Waals surface area contributed by atoms with Crippen LogP contribution in [-0.2, 0) is 15.8 Å². The molecule has 0 atom stereocenters. The fourth-order valence-electron chi connectivity index (χ4n) is 3.25. The van der Waals surface area contributed by atoms with Crippen LogP contribution in [0.3, 0.4) is 0 Å². The smallest absolute Gasteiger partial charge is 0.431 e. The Morgan fingerprint density at radius 3 is 2.11 bits per heavy atom. The quantitative estimate of drug-likeness (QED) is 0.344. The zero-order chi connectivity index (χ0) is 28.0. The van der Waals surface area contributed by atoms with E-state index in [0.717, 1.165) is 23.1 Å². The van der Waals surface area contributed by atoms with Crippen molar-refractivity contribution in [2.24, 2.45) is 0 Å². The summed E-state index contributed by atoms with van der Waals surface area (Å²) in [6.07, 6.45) is -4.71. The van der Waals surface area contributed by atoms with Gasteiger partial charge in [0, 0.05) is 17.8 Å². The van der Waals surface area contributed by atoms with E-state index >= 15 is 0 Å². The van der Waals surface area contributed by atoms with Crippen LogP contribution in [0.5, 0.6) is 11.5 Å². The Morgan fingerprint density at radius 1 is 0.895 bits per heavy atom. The number of carbonyl (C=O) groups is 3. The highest BCUT2D eigenvalue weighted by Crippen LogP contribution is 2.28. The summed E-state index contributed by atoms with van der Waals surface area (Å²) in [5, 5.41) is 5.06. The zero-order valence-electron chi connectivity index (χ0n) is 20.2. The summed E-state index contributed by atoms with van der Waals surface area (Å²) in [6.45, 7) is 2.14. The average Bonchev–Trinajstić information content (AvgIpc) is 3.32. The number of carbonyl (C=O) groups excluding carboxylic acids is 3. The van der Waals surface area contributed by atoms with Gasteiger partial charge in [0.25, 0.3) is 5.91 Å². The highest BCUT2D eigenvalue weighted by molar-refractivity contribution is 6.00. The van der Waals surface area contributed by atoms with Crippen LogP contribution in [-0.4, -0.2) is 46.7 Å². The first-order chi connectivity index (χ1) is 17.8. The van der Waals surface area contributed by atoms with Crippen molar-refractivity contribution in [3.05, 3.63) is 77.6 Å². The van der Waals surface area contributed by atoms with Gasteiger partial charge in [-0.3, -0.25) is 14.4 Å². The van der Waals surface area contributed by atoms with E-state index in [1.165, 1.54) is 30.3 Å². The number of hydrogen-bond acceptors (Lipinski definition) is 4. The lowest BCUT2D eigenvalue weighted by atomic mass is 10.2. The summed E-state index contributed by atoms with van der Waals surface area (Å²) < 4.78 is 70.6. The van der Waals surface area contributed by atoms with Gasteiger partial charge in [0.05, 0.1) is 0 Å². The Bertz CT molecular complexity index is 1310. The molecule has 0 aliphatic rings. The molecular weight excluding hydrogens is 515 g/mol. The minimum Gasteiger partial charge on any atom is -0.457 e. The molecule has 202 valence electrons. The van der Waals surface area contributed by atoms with Gasteiger partial charge in [-0.1, -0.05) is 0 Å². The molecule has 0 saturated carbocycles. The summed E-state index contributed by atoms with van der Waals surface area (Å²) in [5.74, 6) is -4.13. The number of hydrogen-bond donors (Lipinski definition) is 3. The fourth-order valence-corrected chi connectivity index (χ4v) is 3.25. The van der Waals surface area contributed by atoms with Gasteiger partial charge in [0.2, 0.25) is 11.8 Å². The van der Waals surface area contributed by atoms with Gasteiger partial charge in [-0.2, -0.15) is 13.2 Å². The maximum absolute atomic E-state index is 13.3. The number of rotatable bonds is 9. The van der Waals surface area contributed by atoms with Crippen LogP contribution >= 0.6 is 0 Å². The number of aromatic nitrogens is 1. The molecule has 8 nitrogen and oxygen atoms in total. The molecule has 3 amide bonds. The molecule has 3 aromatic rings. The Kier molecular flexibility index (Phi) is 8.71. The SMILES string of the molecule is CC(C)NC(=O)CN(CC(=O)Nc1ccc(Oc2ccc(F)c(F)c2)cc1)C(=O)c1ccc(C(F)(F)F)[nH]1. The molecule has 0 aliphatic carbocycles. The molecule has 3 rings (SSSR count). The number of benzene rings is 2. The van der Waals surface area contributed by atoms with Crippen LogP contribution in [0.2, 0.25) is 0 Å². The lowest BCUT2D eigenvalue weighted by molar-refractivity contribution is -0.140. The van der Waals surface area contributed by atoms with E-state index in [4.69, 9.17) is 4.74 Å². The molecular formula is C25H23F5N4O4. The molecule has 0 saturated heterocycles. The number of nitrogens with one attached hydrogen (secondary N) is 3. The maximum Gasteiger partial charge on any atom is 0.431 e. The molecule has 1 aromatic heterocycles. The predicted octanol–water partition coefficient (Wildman–Crippen LogP) is 4.71. The summed E-state index contributed by atoms with van der Waals surface area (Å²) >= 11 is 0. The molecule has 0 aliphatic heterocycles. The Labute approximate surface area is 213 Å². The van der Waals surface area contributed by atoms with E-state index in [2.05, 4.69) is 10.6 Å². The minimum atomic E-state index is -4.71. The molecule has 2 aromatic carbocycles. The molecule has 1 heterocycles. The standard InChI is InChI=1S/C25H23F5N4O4/c1-14(2)31-22(35)12-34(24(37)20-9-10-21(33-20)25(28,29)30)13-23(36)32-15-3-5-16(6-4-15)38-17-7-8-18(26)19(27)11-17/h3-11,14,33H,12-13H2,1-2H3,(H,31,35)(H,32,36). The molecule has 13 heteroatoms. The number of alkyl halides is 3. The van der Waals surface area contributed by atoms with E-state index in [1.54, 1.807) is 13.8 Å². The first kappa shape index (κ1) is 28.2. The van der Waals surface area contributed by atoms with Crippen LogP contribution in [0.1, 0.15) is 30.0 Å². The third-order valence-corrected chi connectivity index (χ3v) is 4.89. The van der Waals surface area contributed by atoms with Crippen molar-refractivity contribution in [2.75, 3.05) is 18.4 Å². The largest absolute Gasteiger partial charge is 0.457 e. The Morgan fingerprint density at radius 2 is 1.53 bits per heavy atom. The first-order valence-electron chi connectivity index (χ1n) is 11.2. The number of ether oxygens (including phenoxy) is 1. The van der Waals surface area contributed by atoms with E-state index in [0.29, 0.717) is 6.07 Å². The summed E-state index contributed by atoms with van der Waals surface area (Å²) in [6, 6.07) is 10.1. The van der Waals surface area contributed by atoms with Gasteiger partial charge in [-0.15, -0.1) is 0 Å². The molecule has 3 N–H and O–H groups in total. The van der Waals surface area contributed by atoms with Crippen LogP contribution in [0.25, 0.3) is 0 Å². The first-order valence-corrected chi connectivity index (χ1v) is 11.2. The lowest BCUT2D eigenvalue weighted by Gasteiger charge is -2.22. The van der Waals surface area contributed by atoms with Crippen LogP contribution in [0, 0.1) is 11.6 Å². The molecule has 0 radical (unpaired) electrons. The second kappa shape index (κ2) is 11.8. The van der Waals surface area contributed by atoms with E-state index in [9.17, 15) is 36.3 Å². The van der Waals surface area contributed by atoms with Gasteiger partial charge in [0.1, 0.15) is 36.0 Å². The van der Waals surface area contributed by atoms with E-state index in [-0.39, 0.29) is 23.2 Å². The monoisotopic (exact) mass is 538 g/mol. The van der Waals surface area contributed by atoms with Gasteiger partial charge in [0.15, 0.2) is 11.6 Å². The molecule has 0 spiro atoms. The average molecular weight is 538 g/mol. The Hall–Kier alpha value is -4.42. The van der Waals surface area contributed by atoms with Crippen molar-refractivity contribution in [1.29, 1.82) is 0 Å². The predicted molar refractivity (Wildman–Crippen MR) is 126 cm³/mol. The van der Waals surface area contributed by atoms with Gasteiger partial charge >= 0.3 is 6.18 Å². The number of H-pyrrole nitrogens is 1. The van der Waals surface area contributed by atoms with Crippen LogP contribution in [0.15, 0.2) is 54.6 Å². The fraction of sp³-hybridized carbons (Fsp3) is 0.240. The topological polar surface area (TPSA) is 104 Å². The third kappa shape index (κ3) is 7.79. The number of nitrogens with zero attached hydrogens (tertiary/aromatic N) is 1. The normalized spacial score (nSPS) is 11.3.